The molecule has 1 heterocycles. The highest BCUT2D eigenvalue weighted by atomic mass is 16.5. The molecule has 6 nitrogen and oxygen atoms in total. The standard InChI is InChI=1S/C23H22N4O2/c1-15(2)16-4-8-20(9-5-16)26-23(28)18(13-24)12-19-14-25-27-22(19)17-6-10-21(29-3)11-7-17/h4-12,14-15H,1-3H3,(H,25,27)(H,26,28)/b18-12+. The van der Waals surface area contributed by atoms with E-state index in [1.807, 2.05) is 54.6 Å². The summed E-state index contributed by atoms with van der Waals surface area (Å²) in [6, 6.07) is 17.0. The van der Waals surface area contributed by atoms with Crippen molar-refractivity contribution in [1.82, 2.24) is 10.2 Å². The van der Waals surface area contributed by atoms with Crippen molar-refractivity contribution in [3.05, 3.63) is 71.4 Å². The van der Waals surface area contributed by atoms with Crippen LogP contribution in [0, 0.1) is 11.3 Å². The second kappa shape index (κ2) is 8.89. The van der Waals surface area contributed by atoms with Crippen molar-refractivity contribution in [2.45, 2.75) is 19.8 Å². The highest BCUT2D eigenvalue weighted by Crippen LogP contribution is 2.25. The Labute approximate surface area is 169 Å². The average molecular weight is 386 g/mol. The van der Waals surface area contributed by atoms with E-state index >= 15 is 0 Å². The SMILES string of the molecule is COc1ccc(-c2[nH]ncc2/C=C(\C#N)C(=O)Nc2ccc(C(C)C)cc2)cc1. The molecule has 0 bridgehead atoms. The molecular formula is C23H22N4O2. The number of benzene rings is 2. The van der Waals surface area contributed by atoms with Crippen molar-refractivity contribution in [3.8, 4) is 23.1 Å². The van der Waals surface area contributed by atoms with E-state index in [9.17, 15) is 10.1 Å². The maximum absolute atomic E-state index is 12.6. The number of nitrogens with one attached hydrogen (secondary N) is 2. The Morgan fingerprint density at radius 3 is 2.45 bits per heavy atom. The summed E-state index contributed by atoms with van der Waals surface area (Å²) < 4.78 is 5.17. The van der Waals surface area contributed by atoms with E-state index in [1.165, 1.54) is 11.6 Å². The predicted octanol–water partition coefficient (Wildman–Crippen LogP) is 4.75. The number of methoxy groups -OCH3 is 1. The number of hydrogen-bond donors (Lipinski definition) is 2. The molecule has 0 aliphatic carbocycles. The van der Waals surface area contributed by atoms with Crippen molar-refractivity contribution in [3.63, 3.8) is 0 Å². The molecule has 0 saturated carbocycles. The van der Waals surface area contributed by atoms with Crippen LogP contribution in [0.25, 0.3) is 17.3 Å². The molecule has 3 aromatic rings. The Kier molecular flexibility index (Phi) is 6.10. The van der Waals surface area contributed by atoms with Gasteiger partial charge in [-0.2, -0.15) is 10.4 Å². The molecule has 1 aromatic heterocycles. The molecule has 0 fully saturated rings. The van der Waals surface area contributed by atoms with Crippen LogP contribution < -0.4 is 10.1 Å². The number of carbonyl (C=O) groups is 1. The van der Waals surface area contributed by atoms with Crippen molar-refractivity contribution in [1.29, 1.82) is 5.26 Å². The summed E-state index contributed by atoms with van der Waals surface area (Å²) in [7, 11) is 1.60. The van der Waals surface area contributed by atoms with Gasteiger partial charge in [-0.15, -0.1) is 0 Å². The minimum Gasteiger partial charge on any atom is -0.497 e. The van der Waals surface area contributed by atoms with Gasteiger partial charge >= 0.3 is 0 Å². The summed E-state index contributed by atoms with van der Waals surface area (Å²) in [5.74, 6) is 0.685. The molecule has 29 heavy (non-hydrogen) atoms. The molecule has 3 rings (SSSR count). The lowest BCUT2D eigenvalue weighted by atomic mass is 10.0. The molecule has 0 aliphatic heterocycles. The van der Waals surface area contributed by atoms with Gasteiger partial charge in [0.15, 0.2) is 0 Å². The van der Waals surface area contributed by atoms with E-state index in [4.69, 9.17) is 4.74 Å². The van der Waals surface area contributed by atoms with Gasteiger partial charge in [0.05, 0.1) is 19.0 Å². The average Bonchev–Trinajstić information content (AvgIpc) is 3.20. The van der Waals surface area contributed by atoms with Crippen LogP contribution in [-0.2, 0) is 4.79 Å². The van der Waals surface area contributed by atoms with Gasteiger partial charge in [0.2, 0.25) is 0 Å². The number of aromatic nitrogens is 2. The fourth-order valence-corrected chi connectivity index (χ4v) is 2.85. The smallest absolute Gasteiger partial charge is 0.266 e. The summed E-state index contributed by atoms with van der Waals surface area (Å²) in [6.45, 7) is 4.21. The highest BCUT2D eigenvalue weighted by molar-refractivity contribution is 6.10. The number of H-pyrrole nitrogens is 1. The Hall–Kier alpha value is -3.85. The zero-order chi connectivity index (χ0) is 20.8. The van der Waals surface area contributed by atoms with Gasteiger partial charge < -0.3 is 10.1 Å². The number of nitriles is 1. The molecule has 146 valence electrons. The fourth-order valence-electron chi connectivity index (χ4n) is 2.85. The lowest BCUT2D eigenvalue weighted by molar-refractivity contribution is -0.112. The van der Waals surface area contributed by atoms with E-state index in [1.54, 1.807) is 13.3 Å². The van der Waals surface area contributed by atoms with Gasteiger partial charge in [-0.25, -0.2) is 0 Å². The number of ether oxygens (including phenoxy) is 1. The fraction of sp³-hybridized carbons (Fsp3) is 0.174. The number of hydrogen-bond acceptors (Lipinski definition) is 4. The van der Waals surface area contributed by atoms with Crippen molar-refractivity contribution in [2.24, 2.45) is 0 Å². The number of nitrogens with zero attached hydrogens (tertiary/aromatic N) is 2. The number of carbonyl (C=O) groups excluding carboxylic acids is 1. The lowest BCUT2D eigenvalue weighted by Crippen LogP contribution is -2.13. The summed E-state index contributed by atoms with van der Waals surface area (Å²) >= 11 is 0. The van der Waals surface area contributed by atoms with Gasteiger partial charge in [0, 0.05) is 16.8 Å². The molecule has 0 unspecified atom stereocenters. The number of amides is 1. The van der Waals surface area contributed by atoms with Gasteiger partial charge in [-0.1, -0.05) is 26.0 Å². The molecule has 2 aromatic carbocycles. The van der Waals surface area contributed by atoms with E-state index in [0.717, 1.165) is 17.0 Å². The second-order valence-electron chi connectivity index (χ2n) is 6.83. The number of anilines is 1. The highest BCUT2D eigenvalue weighted by Gasteiger charge is 2.13. The van der Waals surface area contributed by atoms with Crippen molar-refractivity contribution >= 4 is 17.7 Å². The monoisotopic (exact) mass is 386 g/mol. The largest absolute Gasteiger partial charge is 0.497 e. The Balaban J connectivity index is 1.82. The first-order valence-corrected chi connectivity index (χ1v) is 9.22. The lowest BCUT2D eigenvalue weighted by Gasteiger charge is -2.08. The summed E-state index contributed by atoms with van der Waals surface area (Å²) in [6.07, 6.45) is 3.11. The van der Waals surface area contributed by atoms with Crippen LogP contribution in [0.2, 0.25) is 0 Å². The second-order valence-corrected chi connectivity index (χ2v) is 6.83. The van der Waals surface area contributed by atoms with Crippen LogP contribution in [0.4, 0.5) is 5.69 Å². The summed E-state index contributed by atoms with van der Waals surface area (Å²) in [5, 5.41) is 19.2. The molecule has 1 amide bonds. The van der Waals surface area contributed by atoms with Gasteiger partial charge in [-0.3, -0.25) is 9.89 Å². The van der Waals surface area contributed by atoms with E-state index in [0.29, 0.717) is 17.2 Å². The first kappa shape index (κ1) is 19.9. The Morgan fingerprint density at radius 2 is 1.86 bits per heavy atom. The van der Waals surface area contributed by atoms with Crippen molar-refractivity contribution in [2.75, 3.05) is 12.4 Å². The Bertz CT molecular complexity index is 1060. The maximum atomic E-state index is 12.6. The molecule has 0 spiro atoms. The van der Waals surface area contributed by atoms with Crippen molar-refractivity contribution < 1.29 is 9.53 Å². The molecule has 0 aliphatic rings. The zero-order valence-corrected chi connectivity index (χ0v) is 16.6. The zero-order valence-electron chi connectivity index (χ0n) is 16.6. The predicted molar refractivity (Wildman–Crippen MR) is 113 cm³/mol. The van der Waals surface area contributed by atoms with Crippen LogP contribution in [-0.4, -0.2) is 23.2 Å². The van der Waals surface area contributed by atoms with Crippen LogP contribution in [0.1, 0.15) is 30.9 Å². The maximum Gasteiger partial charge on any atom is 0.266 e. The summed E-state index contributed by atoms with van der Waals surface area (Å²) in [4.78, 5) is 12.6. The minimum absolute atomic E-state index is 0.00547. The molecule has 0 radical (unpaired) electrons. The number of aromatic amines is 1. The van der Waals surface area contributed by atoms with E-state index in [-0.39, 0.29) is 5.57 Å². The normalized spacial score (nSPS) is 11.2. The van der Waals surface area contributed by atoms with Crippen LogP contribution in [0.15, 0.2) is 60.3 Å². The third kappa shape index (κ3) is 4.71. The van der Waals surface area contributed by atoms with Gasteiger partial charge in [0.25, 0.3) is 5.91 Å². The van der Waals surface area contributed by atoms with Gasteiger partial charge in [0.1, 0.15) is 17.4 Å². The number of rotatable bonds is 6. The molecule has 0 atom stereocenters. The third-order valence-corrected chi connectivity index (χ3v) is 4.55. The first-order valence-electron chi connectivity index (χ1n) is 9.22. The van der Waals surface area contributed by atoms with Crippen LogP contribution in [0.3, 0.4) is 0 Å². The summed E-state index contributed by atoms with van der Waals surface area (Å²) in [5.41, 5.74) is 4.06. The Morgan fingerprint density at radius 1 is 1.17 bits per heavy atom. The molecular weight excluding hydrogens is 364 g/mol. The van der Waals surface area contributed by atoms with E-state index < -0.39 is 5.91 Å². The molecule has 0 saturated heterocycles. The topological polar surface area (TPSA) is 90.8 Å². The van der Waals surface area contributed by atoms with Gasteiger partial charge in [-0.05, 0) is 54.0 Å². The minimum atomic E-state index is -0.466. The molecule has 6 heteroatoms. The quantitative estimate of drug-likeness (QED) is 0.472. The van der Waals surface area contributed by atoms with E-state index in [2.05, 4.69) is 29.4 Å². The van der Waals surface area contributed by atoms with Crippen LogP contribution in [0.5, 0.6) is 5.75 Å². The molecule has 2 N–H and O–H groups in total. The first-order chi connectivity index (χ1) is 14.0. The third-order valence-electron chi connectivity index (χ3n) is 4.55. The van der Waals surface area contributed by atoms with Crippen LogP contribution >= 0.6 is 0 Å².